The summed E-state index contributed by atoms with van der Waals surface area (Å²) in [5.74, 6) is -0.252. The zero-order chi connectivity index (χ0) is 27.3. The van der Waals surface area contributed by atoms with Crippen LogP contribution < -0.4 is 15.0 Å². The number of ether oxygens (including phenoxy) is 2. The topological polar surface area (TPSA) is 139 Å². The molecular weight excluding hydrogens is 530 g/mol. The Morgan fingerprint density at radius 1 is 1.21 bits per heavy atom. The van der Waals surface area contributed by atoms with Gasteiger partial charge in [0.15, 0.2) is 17.7 Å². The molecule has 0 aromatic heterocycles. The number of anilines is 2. The van der Waals surface area contributed by atoms with Gasteiger partial charge in [-0.2, -0.15) is 9.57 Å². The van der Waals surface area contributed by atoms with E-state index < -0.39 is 26.6 Å². The lowest BCUT2D eigenvalue weighted by molar-refractivity contribution is 0.149. The second-order valence-electron chi connectivity index (χ2n) is 8.43. The number of methoxy groups -OCH3 is 1. The summed E-state index contributed by atoms with van der Waals surface area (Å²) >= 11 is 6.25. The lowest BCUT2D eigenvalue weighted by Crippen LogP contribution is -2.38. The van der Waals surface area contributed by atoms with Crippen molar-refractivity contribution in [2.45, 2.75) is 23.8 Å². The van der Waals surface area contributed by atoms with Gasteiger partial charge >= 0.3 is 0 Å². The number of guanidine groups is 1. The van der Waals surface area contributed by atoms with Gasteiger partial charge < -0.3 is 19.9 Å². The lowest BCUT2D eigenvalue weighted by Gasteiger charge is -2.25. The maximum Gasteiger partial charge on any atom is 0.248 e. The number of hydrogen-bond acceptors (Lipinski definition) is 7. The third-order valence-corrected chi connectivity index (χ3v) is 8.44. The number of sulfonamides is 1. The molecule has 0 spiro atoms. The summed E-state index contributed by atoms with van der Waals surface area (Å²) in [6.07, 6.45) is 3.19. The van der Waals surface area contributed by atoms with Crippen LogP contribution in [0.25, 0.3) is 0 Å². The van der Waals surface area contributed by atoms with Gasteiger partial charge in [0.2, 0.25) is 16.0 Å². The highest BCUT2D eigenvalue weighted by molar-refractivity contribution is 7.89. The fourth-order valence-electron chi connectivity index (χ4n) is 4.25. The predicted octanol–water partition coefficient (Wildman–Crippen LogP) is 4.97. The van der Waals surface area contributed by atoms with Crippen molar-refractivity contribution in [2.24, 2.45) is 0 Å². The molecule has 3 N–H and O–H groups in total. The van der Waals surface area contributed by atoms with Crippen molar-refractivity contribution in [2.75, 3.05) is 30.5 Å². The molecule has 1 heterocycles. The van der Waals surface area contributed by atoms with Crippen LogP contribution in [0.2, 0.25) is 5.02 Å². The van der Waals surface area contributed by atoms with E-state index in [-0.39, 0.29) is 35.6 Å². The van der Waals surface area contributed by atoms with Crippen molar-refractivity contribution in [3.63, 3.8) is 0 Å². The number of phenolic OH excluding ortho intramolecular Hbond substituents is 1. The van der Waals surface area contributed by atoms with Gasteiger partial charge in [-0.1, -0.05) is 41.9 Å². The van der Waals surface area contributed by atoms with Gasteiger partial charge in [-0.15, -0.1) is 0 Å². The Labute approximate surface area is 226 Å². The summed E-state index contributed by atoms with van der Waals surface area (Å²) < 4.78 is 39.3. The van der Waals surface area contributed by atoms with Gasteiger partial charge in [0.1, 0.15) is 16.3 Å². The monoisotopic (exact) mass is 555 g/mol. The van der Waals surface area contributed by atoms with Crippen LogP contribution in [0, 0.1) is 16.9 Å². The fourth-order valence-corrected chi connectivity index (χ4v) is 6.52. The van der Waals surface area contributed by atoms with Gasteiger partial charge in [-0.25, -0.2) is 13.3 Å². The van der Waals surface area contributed by atoms with E-state index in [1.807, 2.05) is 12.3 Å². The van der Waals surface area contributed by atoms with E-state index in [2.05, 4.69) is 5.32 Å². The molecule has 12 heteroatoms. The normalized spacial score (nSPS) is 15.6. The van der Waals surface area contributed by atoms with Crippen LogP contribution in [0.15, 0.2) is 71.6 Å². The summed E-state index contributed by atoms with van der Waals surface area (Å²) in [6, 6.07) is 17.9. The minimum Gasteiger partial charge on any atom is -0.504 e. The van der Waals surface area contributed by atoms with E-state index in [1.165, 1.54) is 23.5 Å². The summed E-state index contributed by atoms with van der Waals surface area (Å²) in [4.78, 5) is 0.478. The molecule has 1 aliphatic rings. The second-order valence-corrected chi connectivity index (χ2v) is 10.7. The summed E-state index contributed by atoms with van der Waals surface area (Å²) in [6.45, 7) is 0.474. The molecule has 1 atom stereocenters. The Kier molecular flexibility index (Phi) is 8.38. The molecule has 0 amide bonds. The van der Waals surface area contributed by atoms with Crippen LogP contribution in [0.1, 0.15) is 12.8 Å². The third kappa shape index (κ3) is 5.54. The molecule has 38 heavy (non-hydrogen) atoms. The molecule has 1 fully saturated rings. The summed E-state index contributed by atoms with van der Waals surface area (Å²) in [5.41, 5.74) is 0.152. The van der Waals surface area contributed by atoms with Crippen molar-refractivity contribution in [1.82, 2.24) is 4.31 Å². The SMILES string of the molecule is COC[C@@H]1CCCN1S(=O)(=O)c1c(Cl)ccc(NC(=N)N(C#N)c2ccccc2Oc2ccccc2)c1O. The van der Waals surface area contributed by atoms with Crippen molar-refractivity contribution < 1.29 is 23.0 Å². The number of nitrogens with zero attached hydrogens (tertiary/aromatic N) is 3. The van der Waals surface area contributed by atoms with Crippen LogP contribution in [0.4, 0.5) is 11.4 Å². The molecule has 0 unspecified atom stereocenters. The molecule has 1 aliphatic heterocycles. The van der Waals surface area contributed by atoms with E-state index in [9.17, 15) is 18.8 Å². The smallest absolute Gasteiger partial charge is 0.248 e. The van der Waals surface area contributed by atoms with Crippen LogP contribution in [0.3, 0.4) is 0 Å². The molecule has 0 radical (unpaired) electrons. The fraction of sp³-hybridized carbons (Fsp3) is 0.231. The lowest BCUT2D eigenvalue weighted by atomic mass is 10.2. The number of nitriles is 1. The predicted molar refractivity (Wildman–Crippen MR) is 144 cm³/mol. The Morgan fingerprint density at radius 2 is 1.92 bits per heavy atom. The molecule has 0 bridgehead atoms. The van der Waals surface area contributed by atoms with Gasteiger partial charge in [0.25, 0.3) is 0 Å². The highest BCUT2D eigenvalue weighted by Crippen LogP contribution is 2.41. The first-order valence-electron chi connectivity index (χ1n) is 11.7. The van der Waals surface area contributed by atoms with Crippen LogP contribution in [0.5, 0.6) is 17.2 Å². The zero-order valence-electron chi connectivity index (χ0n) is 20.5. The van der Waals surface area contributed by atoms with Crippen molar-refractivity contribution in [1.29, 1.82) is 10.7 Å². The summed E-state index contributed by atoms with van der Waals surface area (Å²) in [7, 11) is -2.69. The zero-order valence-corrected chi connectivity index (χ0v) is 22.0. The number of halogens is 1. The third-order valence-electron chi connectivity index (χ3n) is 5.99. The van der Waals surface area contributed by atoms with Crippen LogP contribution in [-0.2, 0) is 14.8 Å². The molecule has 3 aromatic carbocycles. The molecule has 1 saturated heterocycles. The largest absolute Gasteiger partial charge is 0.504 e. The molecule has 10 nitrogen and oxygen atoms in total. The number of aromatic hydroxyl groups is 1. The minimum absolute atomic E-state index is 0.109. The highest BCUT2D eigenvalue weighted by atomic mass is 35.5. The maximum atomic E-state index is 13.5. The quantitative estimate of drug-likeness (QED) is 0.116. The molecule has 3 aromatic rings. The number of phenols is 1. The molecule has 0 aliphatic carbocycles. The van der Waals surface area contributed by atoms with Gasteiger partial charge in [-0.05, 0) is 49.2 Å². The van der Waals surface area contributed by atoms with Crippen molar-refractivity contribution >= 4 is 39.0 Å². The van der Waals surface area contributed by atoms with Crippen LogP contribution in [-0.4, -0.2) is 50.1 Å². The molecule has 4 rings (SSSR count). The molecule has 198 valence electrons. The van der Waals surface area contributed by atoms with E-state index in [0.29, 0.717) is 24.3 Å². The standard InChI is InChI=1S/C26H26ClN5O5S/c1-36-16-18-8-7-15-32(18)38(34,35)25-20(27)13-14-21(24(25)33)30-26(29)31(17-28)22-11-5-6-12-23(22)37-19-9-3-2-4-10-19/h2-6,9-14,18,33H,7-8,15-16H2,1H3,(H2,29,30)/t18-/m0/s1. The number of para-hydroxylation sites is 3. The number of benzene rings is 3. The Balaban J connectivity index is 1.63. The Bertz CT molecular complexity index is 1460. The second kappa shape index (κ2) is 11.7. The van der Waals surface area contributed by atoms with E-state index in [4.69, 9.17) is 26.5 Å². The average molecular weight is 556 g/mol. The highest BCUT2D eigenvalue weighted by Gasteiger charge is 2.38. The average Bonchev–Trinajstić information content (AvgIpc) is 3.37. The first-order valence-corrected chi connectivity index (χ1v) is 13.5. The van der Waals surface area contributed by atoms with Gasteiger partial charge in [0, 0.05) is 19.7 Å². The minimum atomic E-state index is -4.19. The van der Waals surface area contributed by atoms with E-state index in [1.54, 1.807) is 48.5 Å². The number of rotatable bonds is 8. The summed E-state index contributed by atoms with van der Waals surface area (Å²) in [5, 5.41) is 31.9. The van der Waals surface area contributed by atoms with Crippen molar-refractivity contribution in [3.8, 4) is 23.4 Å². The van der Waals surface area contributed by atoms with Crippen molar-refractivity contribution in [3.05, 3.63) is 71.8 Å². The van der Waals surface area contributed by atoms with E-state index in [0.717, 1.165) is 4.90 Å². The maximum absolute atomic E-state index is 13.5. The molecule has 0 saturated carbocycles. The first kappa shape index (κ1) is 27.2. The van der Waals surface area contributed by atoms with Crippen LogP contribution >= 0.6 is 11.6 Å². The van der Waals surface area contributed by atoms with Gasteiger partial charge in [0.05, 0.1) is 17.3 Å². The van der Waals surface area contributed by atoms with Gasteiger partial charge in [-0.3, -0.25) is 5.41 Å². The Morgan fingerprint density at radius 3 is 2.63 bits per heavy atom. The number of hydrogen-bond donors (Lipinski definition) is 3. The number of nitrogens with one attached hydrogen (secondary N) is 2. The Hall–Kier alpha value is -3.82. The van der Waals surface area contributed by atoms with E-state index >= 15 is 0 Å². The molecular formula is C26H26ClN5O5S. The first-order chi connectivity index (χ1) is 18.3.